The molecule has 0 amide bonds. The van der Waals surface area contributed by atoms with Crippen LogP contribution in [0.3, 0.4) is 0 Å². The number of rotatable bonds is 4. The molecule has 4 rings (SSSR count). The highest BCUT2D eigenvalue weighted by Crippen LogP contribution is 2.27. The maximum absolute atomic E-state index is 6.03. The number of hydrogen-bond donors (Lipinski definition) is 0. The number of nitrogens with zero attached hydrogens (tertiary/aromatic N) is 4. The highest BCUT2D eigenvalue weighted by Gasteiger charge is 2.30. The van der Waals surface area contributed by atoms with Gasteiger partial charge in [0.2, 0.25) is 11.7 Å². The minimum Gasteiger partial charge on any atom is -0.378 e. The molecule has 0 N–H and O–H groups in total. The summed E-state index contributed by atoms with van der Waals surface area (Å²) in [5, 5.41) is 7.79. The summed E-state index contributed by atoms with van der Waals surface area (Å²) in [5.41, 5.74) is 0.834. The molecule has 8 heteroatoms. The van der Waals surface area contributed by atoms with Crippen LogP contribution in [0, 0.1) is 0 Å². The quantitative estimate of drug-likeness (QED) is 0.708. The fourth-order valence-corrected chi connectivity index (χ4v) is 3.51. The van der Waals surface area contributed by atoms with Crippen LogP contribution in [0.5, 0.6) is 0 Å². The first-order valence-corrected chi connectivity index (χ1v) is 8.85. The van der Waals surface area contributed by atoms with Gasteiger partial charge in [0, 0.05) is 28.7 Å². The standard InChI is InChI=1S/C16H15ClN4O2S/c17-12-3-1-2-11(8-12)15-19-16(23-20-15)13-10-22-6-5-21(13)9-14-18-4-7-24-14/h1-4,7-8,13H,5-6,9-10H2. The number of aromatic nitrogens is 3. The Balaban J connectivity index is 1.57. The lowest BCUT2D eigenvalue weighted by Gasteiger charge is -2.32. The van der Waals surface area contributed by atoms with Crippen molar-refractivity contribution in [3.63, 3.8) is 0 Å². The first kappa shape index (κ1) is 15.7. The Morgan fingerprint density at radius 3 is 3.17 bits per heavy atom. The number of thiazole rings is 1. The van der Waals surface area contributed by atoms with E-state index in [1.807, 2.05) is 35.8 Å². The lowest BCUT2D eigenvalue weighted by Crippen LogP contribution is -2.39. The van der Waals surface area contributed by atoms with E-state index in [-0.39, 0.29) is 6.04 Å². The van der Waals surface area contributed by atoms with E-state index in [1.54, 1.807) is 11.3 Å². The van der Waals surface area contributed by atoms with Crippen molar-refractivity contribution in [1.29, 1.82) is 0 Å². The van der Waals surface area contributed by atoms with Gasteiger partial charge >= 0.3 is 0 Å². The molecule has 124 valence electrons. The highest BCUT2D eigenvalue weighted by molar-refractivity contribution is 7.09. The molecule has 24 heavy (non-hydrogen) atoms. The first-order valence-electron chi connectivity index (χ1n) is 7.59. The summed E-state index contributed by atoms with van der Waals surface area (Å²) in [5.74, 6) is 1.09. The summed E-state index contributed by atoms with van der Waals surface area (Å²) >= 11 is 7.68. The van der Waals surface area contributed by atoms with Crippen LogP contribution in [0.15, 0.2) is 40.4 Å². The number of halogens is 1. The van der Waals surface area contributed by atoms with E-state index in [2.05, 4.69) is 20.0 Å². The van der Waals surface area contributed by atoms with Gasteiger partial charge in [0.05, 0.1) is 19.8 Å². The zero-order valence-electron chi connectivity index (χ0n) is 12.8. The molecule has 1 aromatic carbocycles. The van der Waals surface area contributed by atoms with Crippen LogP contribution >= 0.6 is 22.9 Å². The van der Waals surface area contributed by atoms with Crippen LogP contribution in [0.2, 0.25) is 5.02 Å². The maximum Gasteiger partial charge on any atom is 0.246 e. The fraction of sp³-hybridized carbons (Fsp3) is 0.312. The normalized spacial score (nSPS) is 18.8. The molecule has 1 atom stereocenters. The van der Waals surface area contributed by atoms with E-state index in [0.717, 1.165) is 23.7 Å². The Morgan fingerprint density at radius 2 is 2.33 bits per heavy atom. The second-order valence-corrected chi connectivity index (χ2v) is 6.87. The van der Waals surface area contributed by atoms with Crippen molar-refractivity contribution in [3.8, 4) is 11.4 Å². The van der Waals surface area contributed by atoms with Crippen molar-refractivity contribution in [2.45, 2.75) is 12.6 Å². The van der Waals surface area contributed by atoms with Gasteiger partial charge in [-0.2, -0.15) is 4.98 Å². The highest BCUT2D eigenvalue weighted by atomic mass is 35.5. The molecule has 3 heterocycles. The predicted octanol–water partition coefficient (Wildman–Crippen LogP) is 3.42. The minimum absolute atomic E-state index is 0.0666. The van der Waals surface area contributed by atoms with Gasteiger partial charge < -0.3 is 9.26 Å². The molecular weight excluding hydrogens is 348 g/mol. The SMILES string of the molecule is Clc1cccc(-c2noc(C3COCCN3Cc3nccs3)n2)c1. The molecule has 0 aliphatic carbocycles. The molecule has 3 aromatic rings. The molecule has 1 fully saturated rings. The minimum atomic E-state index is -0.0666. The van der Waals surface area contributed by atoms with E-state index in [4.69, 9.17) is 20.9 Å². The van der Waals surface area contributed by atoms with Crippen molar-refractivity contribution >= 4 is 22.9 Å². The van der Waals surface area contributed by atoms with Crippen LogP contribution in [0.4, 0.5) is 0 Å². The van der Waals surface area contributed by atoms with E-state index < -0.39 is 0 Å². The molecule has 0 radical (unpaired) electrons. The molecule has 0 bridgehead atoms. The van der Waals surface area contributed by atoms with Crippen LogP contribution in [-0.2, 0) is 11.3 Å². The lowest BCUT2D eigenvalue weighted by atomic mass is 10.2. The van der Waals surface area contributed by atoms with Crippen LogP contribution in [0.25, 0.3) is 11.4 Å². The summed E-state index contributed by atoms with van der Waals surface area (Å²) in [6.07, 6.45) is 1.82. The average molecular weight is 363 g/mol. The van der Waals surface area contributed by atoms with Gasteiger partial charge in [-0.15, -0.1) is 11.3 Å². The molecule has 1 aliphatic heterocycles. The van der Waals surface area contributed by atoms with E-state index in [9.17, 15) is 0 Å². The summed E-state index contributed by atoms with van der Waals surface area (Å²) in [7, 11) is 0. The summed E-state index contributed by atoms with van der Waals surface area (Å²) < 4.78 is 11.1. The second kappa shape index (κ2) is 6.98. The number of ether oxygens (including phenoxy) is 1. The topological polar surface area (TPSA) is 64.3 Å². The van der Waals surface area contributed by atoms with Crippen molar-refractivity contribution < 1.29 is 9.26 Å². The van der Waals surface area contributed by atoms with Gasteiger partial charge in [0.1, 0.15) is 11.0 Å². The predicted molar refractivity (Wildman–Crippen MR) is 90.8 cm³/mol. The Labute approximate surface area is 148 Å². The average Bonchev–Trinajstić information content (AvgIpc) is 3.27. The molecule has 1 aliphatic rings. The molecular formula is C16H15ClN4O2S. The summed E-state index contributed by atoms with van der Waals surface area (Å²) in [6, 6.07) is 7.35. The van der Waals surface area contributed by atoms with E-state index in [0.29, 0.717) is 30.0 Å². The molecule has 2 aromatic heterocycles. The van der Waals surface area contributed by atoms with Crippen LogP contribution < -0.4 is 0 Å². The fourth-order valence-electron chi connectivity index (χ4n) is 2.67. The maximum atomic E-state index is 6.03. The second-order valence-electron chi connectivity index (χ2n) is 5.45. The van der Waals surface area contributed by atoms with Gasteiger partial charge in [-0.1, -0.05) is 28.9 Å². The van der Waals surface area contributed by atoms with Crippen LogP contribution in [-0.4, -0.2) is 39.8 Å². The van der Waals surface area contributed by atoms with Gasteiger partial charge in [-0.25, -0.2) is 4.98 Å². The van der Waals surface area contributed by atoms with Crippen molar-refractivity contribution in [1.82, 2.24) is 20.0 Å². The molecule has 1 unspecified atom stereocenters. The van der Waals surface area contributed by atoms with Crippen molar-refractivity contribution in [2.24, 2.45) is 0 Å². The number of hydrogen-bond acceptors (Lipinski definition) is 7. The number of benzene rings is 1. The molecule has 0 saturated carbocycles. The third kappa shape index (κ3) is 3.34. The Kier molecular flexibility index (Phi) is 4.57. The Hall–Kier alpha value is -1.80. The van der Waals surface area contributed by atoms with Gasteiger partial charge in [0.25, 0.3) is 0 Å². The third-order valence-electron chi connectivity index (χ3n) is 3.87. The third-order valence-corrected chi connectivity index (χ3v) is 4.87. The zero-order chi connectivity index (χ0) is 16.4. The number of morpholine rings is 1. The van der Waals surface area contributed by atoms with Crippen LogP contribution in [0.1, 0.15) is 16.9 Å². The van der Waals surface area contributed by atoms with Crippen molar-refractivity contribution in [3.05, 3.63) is 51.8 Å². The monoisotopic (exact) mass is 362 g/mol. The van der Waals surface area contributed by atoms with Gasteiger partial charge in [0.15, 0.2) is 0 Å². The smallest absolute Gasteiger partial charge is 0.246 e. The summed E-state index contributed by atoms with van der Waals surface area (Å²) in [6.45, 7) is 2.78. The molecule has 6 nitrogen and oxygen atoms in total. The first-order chi connectivity index (χ1) is 11.8. The largest absolute Gasteiger partial charge is 0.378 e. The van der Waals surface area contributed by atoms with Gasteiger partial charge in [-0.05, 0) is 12.1 Å². The summed E-state index contributed by atoms with van der Waals surface area (Å²) in [4.78, 5) is 11.2. The Morgan fingerprint density at radius 1 is 1.38 bits per heavy atom. The molecule has 1 saturated heterocycles. The zero-order valence-corrected chi connectivity index (χ0v) is 14.3. The van der Waals surface area contributed by atoms with Crippen molar-refractivity contribution in [2.75, 3.05) is 19.8 Å². The Bertz CT molecular complexity index is 808. The van der Waals surface area contributed by atoms with E-state index in [1.165, 1.54) is 0 Å². The molecule has 0 spiro atoms. The van der Waals surface area contributed by atoms with Gasteiger partial charge in [-0.3, -0.25) is 4.90 Å². The lowest BCUT2D eigenvalue weighted by molar-refractivity contribution is -0.0241. The van der Waals surface area contributed by atoms with E-state index >= 15 is 0 Å².